The Morgan fingerprint density at radius 3 is 2.86 bits per heavy atom. The number of ether oxygens (including phenoxy) is 2. The number of aliphatic hydroxyl groups excluding tert-OH is 1. The van der Waals surface area contributed by atoms with Crippen LogP contribution in [-0.2, 0) is 4.74 Å². The summed E-state index contributed by atoms with van der Waals surface area (Å²) in [4.78, 5) is 0. The van der Waals surface area contributed by atoms with Crippen LogP contribution in [0.4, 0.5) is 0 Å². The van der Waals surface area contributed by atoms with Crippen molar-refractivity contribution >= 4 is 0 Å². The summed E-state index contributed by atoms with van der Waals surface area (Å²) in [5, 5.41) is 9.57. The summed E-state index contributed by atoms with van der Waals surface area (Å²) in [6, 6.07) is 7.24. The van der Waals surface area contributed by atoms with Gasteiger partial charge in [0.05, 0.1) is 0 Å². The van der Waals surface area contributed by atoms with E-state index in [4.69, 9.17) is 9.47 Å². The summed E-state index contributed by atoms with van der Waals surface area (Å²) in [5.41, 5.74) is 0.694. The summed E-state index contributed by atoms with van der Waals surface area (Å²) in [5.74, 6) is 0.613. The van der Waals surface area contributed by atoms with E-state index in [1.54, 1.807) is 19.2 Å². The van der Waals surface area contributed by atoms with Gasteiger partial charge in [-0.3, -0.25) is 0 Å². The first-order chi connectivity index (χ1) is 6.79. The van der Waals surface area contributed by atoms with Crippen LogP contribution in [0.25, 0.3) is 0 Å². The molecule has 0 aliphatic rings. The van der Waals surface area contributed by atoms with Crippen LogP contribution >= 0.6 is 0 Å². The first kappa shape index (κ1) is 10.8. The highest BCUT2D eigenvalue weighted by atomic mass is 16.7. The Balaban J connectivity index is 2.85. The minimum atomic E-state index is -0.706. The smallest absolute Gasteiger partial charge is 0.188 e. The second-order valence-electron chi connectivity index (χ2n) is 2.77. The highest BCUT2D eigenvalue weighted by molar-refractivity contribution is 5.36. The molecule has 1 unspecified atom stereocenters. The molecular weight excluding hydrogens is 180 g/mol. The van der Waals surface area contributed by atoms with Gasteiger partial charge in [-0.15, -0.1) is 6.58 Å². The zero-order valence-corrected chi connectivity index (χ0v) is 8.14. The summed E-state index contributed by atoms with van der Waals surface area (Å²) in [6.45, 7) is 3.69. The van der Waals surface area contributed by atoms with Crippen molar-refractivity contribution in [1.82, 2.24) is 0 Å². The van der Waals surface area contributed by atoms with Crippen LogP contribution in [0.5, 0.6) is 5.75 Å². The number of hydrogen-bond acceptors (Lipinski definition) is 3. The molecule has 3 heteroatoms. The predicted octanol–water partition coefficient (Wildman–Crippen LogP) is 1.89. The van der Waals surface area contributed by atoms with E-state index in [2.05, 4.69) is 6.58 Å². The molecule has 1 atom stereocenters. The summed E-state index contributed by atoms with van der Waals surface area (Å²) in [6.07, 6.45) is 0.748. The van der Waals surface area contributed by atoms with Crippen LogP contribution in [0.3, 0.4) is 0 Å². The maximum Gasteiger partial charge on any atom is 0.188 e. The predicted molar refractivity (Wildman–Crippen MR) is 54.1 cm³/mol. The highest BCUT2D eigenvalue weighted by Gasteiger charge is 2.08. The zero-order chi connectivity index (χ0) is 10.4. The lowest BCUT2D eigenvalue weighted by atomic mass is 10.1. The molecule has 1 N–H and O–H groups in total. The topological polar surface area (TPSA) is 38.7 Å². The third-order valence-corrected chi connectivity index (χ3v) is 1.79. The quantitative estimate of drug-likeness (QED) is 0.574. The fourth-order valence-corrected chi connectivity index (χ4v) is 1.11. The van der Waals surface area contributed by atoms with Crippen LogP contribution in [0.2, 0.25) is 0 Å². The number of rotatable bonds is 5. The molecule has 0 saturated heterocycles. The largest absolute Gasteiger partial charge is 0.467 e. The zero-order valence-electron chi connectivity index (χ0n) is 8.14. The number of para-hydroxylation sites is 1. The summed E-state index contributed by atoms with van der Waals surface area (Å²) >= 11 is 0. The molecule has 0 amide bonds. The van der Waals surface area contributed by atoms with Crippen LogP contribution in [0.1, 0.15) is 11.7 Å². The van der Waals surface area contributed by atoms with Crippen LogP contribution in [0, 0.1) is 0 Å². The van der Waals surface area contributed by atoms with Gasteiger partial charge in [0.15, 0.2) is 6.79 Å². The molecule has 1 aromatic carbocycles. The Labute approximate surface area is 83.6 Å². The molecule has 0 spiro atoms. The fourth-order valence-electron chi connectivity index (χ4n) is 1.11. The van der Waals surface area contributed by atoms with E-state index < -0.39 is 6.10 Å². The molecule has 0 saturated carbocycles. The Bertz CT molecular complexity index is 296. The fraction of sp³-hybridized carbons (Fsp3) is 0.273. The van der Waals surface area contributed by atoms with Gasteiger partial charge in [-0.05, 0) is 6.07 Å². The Morgan fingerprint density at radius 2 is 2.21 bits per heavy atom. The first-order valence-corrected chi connectivity index (χ1v) is 4.31. The van der Waals surface area contributed by atoms with E-state index in [-0.39, 0.29) is 6.79 Å². The second kappa shape index (κ2) is 5.42. The van der Waals surface area contributed by atoms with Gasteiger partial charge in [-0.1, -0.05) is 24.3 Å². The van der Waals surface area contributed by atoms with E-state index in [1.807, 2.05) is 12.1 Å². The summed E-state index contributed by atoms with van der Waals surface area (Å²) < 4.78 is 10.1. The minimum absolute atomic E-state index is 0.168. The highest BCUT2D eigenvalue weighted by Crippen LogP contribution is 2.25. The van der Waals surface area contributed by atoms with Gasteiger partial charge in [-0.2, -0.15) is 0 Å². The van der Waals surface area contributed by atoms with Crippen LogP contribution in [-0.4, -0.2) is 19.0 Å². The van der Waals surface area contributed by atoms with Gasteiger partial charge in [0.2, 0.25) is 0 Å². The van der Waals surface area contributed by atoms with E-state index in [1.165, 1.54) is 6.08 Å². The van der Waals surface area contributed by atoms with Crippen molar-refractivity contribution in [3.63, 3.8) is 0 Å². The van der Waals surface area contributed by atoms with E-state index in [0.717, 1.165) is 0 Å². The average Bonchev–Trinajstić information content (AvgIpc) is 2.25. The number of hydrogen-bond donors (Lipinski definition) is 1. The molecule has 1 rings (SSSR count). The first-order valence-electron chi connectivity index (χ1n) is 4.31. The van der Waals surface area contributed by atoms with E-state index >= 15 is 0 Å². The summed E-state index contributed by atoms with van der Waals surface area (Å²) in [7, 11) is 1.55. The molecule has 3 nitrogen and oxygen atoms in total. The van der Waals surface area contributed by atoms with Crippen molar-refractivity contribution in [2.24, 2.45) is 0 Å². The molecule has 0 bridgehead atoms. The standard InChI is InChI=1S/C11H14O3/c1-3-10(12)9-6-4-5-7-11(9)14-8-13-2/h3-7,10,12H,1,8H2,2H3. The lowest BCUT2D eigenvalue weighted by molar-refractivity contribution is 0.0489. The molecule has 0 aliphatic carbocycles. The molecule has 0 fully saturated rings. The lowest BCUT2D eigenvalue weighted by Crippen LogP contribution is -2.03. The van der Waals surface area contributed by atoms with Gasteiger partial charge in [0.25, 0.3) is 0 Å². The molecule has 0 radical (unpaired) electrons. The maximum atomic E-state index is 9.57. The Kier molecular flexibility index (Phi) is 4.16. The lowest BCUT2D eigenvalue weighted by Gasteiger charge is -2.12. The van der Waals surface area contributed by atoms with Crippen molar-refractivity contribution in [2.45, 2.75) is 6.10 Å². The van der Waals surface area contributed by atoms with Gasteiger partial charge in [0, 0.05) is 12.7 Å². The van der Waals surface area contributed by atoms with Crippen molar-refractivity contribution in [1.29, 1.82) is 0 Å². The number of methoxy groups -OCH3 is 1. The third-order valence-electron chi connectivity index (χ3n) is 1.79. The molecule has 14 heavy (non-hydrogen) atoms. The van der Waals surface area contributed by atoms with Gasteiger partial charge >= 0.3 is 0 Å². The molecule has 1 aromatic rings. The van der Waals surface area contributed by atoms with Crippen molar-refractivity contribution in [3.8, 4) is 5.75 Å². The van der Waals surface area contributed by atoms with E-state index in [9.17, 15) is 5.11 Å². The van der Waals surface area contributed by atoms with Gasteiger partial charge in [-0.25, -0.2) is 0 Å². The van der Waals surface area contributed by atoms with Crippen molar-refractivity contribution in [2.75, 3.05) is 13.9 Å². The van der Waals surface area contributed by atoms with Crippen molar-refractivity contribution in [3.05, 3.63) is 42.5 Å². The average molecular weight is 194 g/mol. The second-order valence-corrected chi connectivity index (χ2v) is 2.77. The normalized spacial score (nSPS) is 12.1. The van der Waals surface area contributed by atoms with Crippen LogP contribution < -0.4 is 4.74 Å². The molecule has 0 aromatic heterocycles. The molecular formula is C11H14O3. The Hall–Kier alpha value is -1.32. The van der Waals surface area contributed by atoms with Gasteiger partial charge < -0.3 is 14.6 Å². The molecule has 76 valence electrons. The molecule has 0 aliphatic heterocycles. The monoisotopic (exact) mass is 194 g/mol. The van der Waals surface area contributed by atoms with Crippen molar-refractivity contribution < 1.29 is 14.6 Å². The third kappa shape index (κ3) is 2.58. The SMILES string of the molecule is C=CC(O)c1ccccc1OCOC. The minimum Gasteiger partial charge on any atom is -0.467 e. The molecule has 0 heterocycles. The number of aliphatic hydroxyl groups is 1. The van der Waals surface area contributed by atoms with E-state index in [0.29, 0.717) is 11.3 Å². The Morgan fingerprint density at radius 1 is 1.50 bits per heavy atom. The maximum absolute atomic E-state index is 9.57. The van der Waals surface area contributed by atoms with Gasteiger partial charge in [0.1, 0.15) is 11.9 Å². The number of benzene rings is 1. The van der Waals surface area contributed by atoms with Crippen LogP contribution in [0.15, 0.2) is 36.9 Å².